The third-order valence-corrected chi connectivity index (χ3v) is 2.62. The second-order valence-corrected chi connectivity index (χ2v) is 3.97. The average molecular weight is 255 g/mol. The minimum Gasteiger partial charge on any atom is -0.463 e. The van der Waals surface area contributed by atoms with Crippen molar-refractivity contribution in [1.82, 2.24) is 19.7 Å². The van der Waals surface area contributed by atoms with Crippen LogP contribution in [0.4, 0.5) is 5.95 Å². The maximum atomic E-state index is 11.5. The summed E-state index contributed by atoms with van der Waals surface area (Å²) in [5.41, 5.74) is 5.34. The van der Waals surface area contributed by atoms with E-state index in [1.807, 2.05) is 0 Å². The van der Waals surface area contributed by atoms with Crippen molar-refractivity contribution >= 4 is 11.9 Å². The molecule has 2 N–H and O–H groups in total. The number of morpholine rings is 1. The van der Waals surface area contributed by atoms with Crippen molar-refractivity contribution in [2.45, 2.75) is 6.54 Å². The fraction of sp³-hybridized carbons (Fsp3) is 0.700. The number of rotatable bonds is 5. The summed E-state index contributed by atoms with van der Waals surface area (Å²) in [5.74, 6) is -0.190. The number of carbonyl (C=O) groups excluding carboxylic acids is 1. The number of ether oxygens (including phenoxy) is 2. The quantitative estimate of drug-likeness (QED) is 0.656. The molecule has 1 saturated heterocycles. The van der Waals surface area contributed by atoms with E-state index < -0.39 is 0 Å². The van der Waals surface area contributed by atoms with E-state index in [1.54, 1.807) is 0 Å². The van der Waals surface area contributed by atoms with Gasteiger partial charge in [-0.1, -0.05) is 0 Å². The molecule has 0 aliphatic carbocycles. The molecule has 2 heterocycles. The number of nitrogens with two attached hydrogens (primary N) is 1. The minimum atomic E-state index is -0.340. The highest BCUT2D eigenvalue weighted by Crippen LogP contribution is 1.96. The summed E-state index contributed by atoms with van der Waals surface area (Å²) in [4.78, 5) is 17.4. The molecule has 18 heavy (non-hydrogen) atoms. The molecule has 1 aromatic heterocycles. The Bertz CT molecular complexity index is 389. The molecule has 8 heteroatoms. The lowest BCUT2D eigenvalue weighted by molar-refractivity contribution is -0.145. The van der Waals surface area contributed by atoms with Crippen LogP contribution in [-0.2, 0) is 20.8 Å². The summed E-state index contributed by atoms with van der Waals surface area (Å²) in [6.07, 6.45) is 1.40. The number of carbonyl (C=O) groups is 1. The van der Waals surface area contributed by atoms with Gasteiger partial charge in [0.25, 0.3) is 0 Å². The summed E-state index contributed by atoms with van der Waals surface area (Å²) >= 11 is 0. The Hall–Kier alpha value is -1.67. The van der Waals surface area contributed by atoms with Crippen LogP contribution in [0.1, 0.15) is 0 Å². The Kier molecular flexibility index (Phi) is 4.48. The van der Waals surface area contributed by atoms with Crippen molar-refractivity contribution in [3.63, 3.8) is 0 Å². The Morgan fingerprint density at radius 1 is 1.50 bits per heavy atom. The van der Waals surface area contributed by atoms with Gasteiger partial charge in [-0.05, 0) is 0 Å². The second-order valence-electron chi connectivity index (χ2n) is 3.97. The van der Waals surface area contributed by atoms with Crippen molar-refractivity contribution in [3.8, 4) is 0 Å². The third kappa shape index (κ3) is 3.97. The van der Waals surface area contributed by atoms with Crippen molar-refractivity contribution < 1.29 is 14.3 Å². The first-order valence-electron chi connectivity index (χ1n) is 5.85. The van der Waals surface area contributed by atoms with E-state index in [9.17, 15) is 4.79 Å². The van der Waals surface area contributed by atoms with Gasteiger partial charge >= 0.3 is 5.97 Å². The van der Waals surface area contributed by atoms with Crippen LogP contribution in [0, 0.1) is 0 Å². The fourth-order valence-corrected chi connectivity index (χ4v) is 1.68. The van der Waals surface area contributed by atoms with Crippen LogP contribution in [0.5, 0.6) is 0 Å². The van der Waals surface area contributed by atoms with E-state index in [0.717, 1.165) is 32.8 Å². The first kappa shape index (κ1) is 12.8. The normalized spacial score (nSPS) is 16.7. The molecule has 0 spiro atoms. The molecule has 0 amide bonds. The van der Waals surface area contributed by atoms with Crippen molar-refractivity contribution in [2.75, 3.05) is 45.2 Å². The molecule has 1 aliphatic heterocycles. The molecule has 8 nitrogen and oxygen atoms in total. The van der Waals surface area contributed by atoms with Gasteiger partial charge in [0.05, 0.1) is 13.2 Å². The van der Waals surface area contributed by atoms with Gasteiger partial charge < -0.3 is 15.2 Å². The fourth-order valence-electron chi connectivity index (χ4n) is 1.68. The predicted octanol–water partition coefficient (Wildman–Crippen LogP) is -1.26. The highest BCUT2D eigenvalue weighted by molar-refractivity contribution is 5.69. The molecule has 100 valence electrons. The minimum absolute atomic E-state index is 0.0350. The standard InChI is InChI=1S/C10H17N5O3/c11-10-12-8-15(13-10)7-9(16)18-6-3-14-1-4-17-5-2-14/h8H,1-7H2,(H2,11,13). The number of nitrogens with zero attached hydrogens (tertiary/aromatic N) is 4. The Balaban J connectivity index is 1.62. The van der Waals surface area contributed by atoms with Crippen LogP contribution < -0.4 is 5.73 Å². The van der Waals surface area contributed by atoms with E-state index in [1.165, 1.54) is 11.0 Å². The van der Waals surface area contributed by atoms with Crippen LogP contribution in [-0.4, -0.2) is 65.1 Å². The lowest BCUT2D eigenvalue weighted by Crippen LogP contribution is -2.38. The van der Waals surface area contributed by atoms with Gasteiger partial charge in [0, 0.05) is 19.6 Å². The van der Waals surface area contributed by atoms with Crippen LogP contribution in [0.25, 0.3) is 0 Å². The molecule has 0 aromatic carbocycles. The lowest BCUT2D eigenvalue weighted by atomic mass is 10.4. The molecule has 2 rings (SSSR count). The number of anilines is 1. The maximum Gasteiger partial charge on any atom is 0.327 e. The molecule has 1 aliphatic rings. The van der Waals surface area contributed by atoms with Gasteiger partial charge in [-0.3, -0.25) is 9.69 Å². The van der Waals surface area contributed by atoms with Crippen molar-refractivity contribution in [1.29, 1.82) is 0 Å². The SMILES string of the molecule is Nc1ncn(CC(=O)OCCN2CCOCC2)n1. The zero-order valence-corrected chi connectivity index (χ0v) is 10.1. The average Bonchev–Trinajstić information content (AvgIpc) is 2.76. The number of esters is 1. The third-order valence-electron chi connectivity index (χ3n) is 2.62. The zero-order valence-electron chi connectivity index (χ0n) is 10.1. The number of aromatic nitrogens is 3. The summed E-state index contributed by atoms with van der Waals surface area (Å²) < 4.78 is 11.7. The van der Waals surface area contributed by atoms with E-state index in [4.69, 9.17) is 15.2 Å². The number of hydrogen-bond acceptors (Lipinski definition) is 7. The second kappa shape index (κ2) is 6.31. The van der Waals surface area contributed by atoms with Crippen molar-refractivity contribution in [3.05, 3.63) is 6.33 Å². The predicted molar refractivity (Wildman–Crippen MR) is 62.7 cm³/mol. The number of nitrogen functional groups attached to an aromatic ring is 1. The topological polar surface area (TPSA) is 95.5 Å². The van der Waals surface area contributed by atoms with Gasteiger partial charge in [0.2, 0.25) is 5.95 Å². The van der Waals surface area contributed by atoms with Gasteiger partial charge in [0.15, 0.2) is 0 Å². The highest BCUT2D eigenvalue weighted by Gasteiger charge is 2.11. The molecule has 0 radical (unpaired) electrons. The summed E-state index contributed by atoms with van der Waals surface area (Å²) in [6, 6.07) is 0. The van der Waals surface area contributed by atoms with E-state index in [0.29, 0.717) is 6.61 Å². The first-order chi connectivity index (χ1) is 8.74. The Morgan fingerprint density at radius 3 is 2.94 bits per heavy atom. The zero-order chi connectivity index (χ0) is 12.8. The van der Waals surface area contributed by atoms with Gasteiger partial charge in [-0.15, -0.1) is 5.10 Å². The van der Waals surface area contributed by atoms with E-state index in [-0.39, 0.29) is 18.5 Å². The Labute approximate surface area is 105 Å². The summed E-state index contributed by atoms with van der Waals surface area (Å²) in [5, 5.41) is 3.80. The molecule has 0 saturated carbocycles. The number of hydrogen-bond donors (Lipinski definition) is 1. The largest absolute Gasteiger partial charge is 0.463 e. The molecule has 0 atom stereocenters. The van der Waals surface area contributed by atoms with Gasteiger partial charge in [-0.2, -0.15) is 0 Å². The summed E-state index contributed by atoms with van der Waals surface area (Å²) in [6.45, 7) is 4.40. The molecule has 0 unspecified atom stereocenters. The lowest BCUT2D eigenvalue weighted by Gasteiger charge is -2.26. The van der Waals surface area contributed by atoms with Crippen LogP contribution in [0.3, 0.4) is 0 Å². The maximum absolute atomic E-state index is 11.5. The first-order valence-corrected chi connectivity index (χ1v) is 5.85. The van der Waals surface area contributed by atoms with Gasteiger partial charge in [-0.25, -0.2) is 9.67 Å². The highest BCUT2D eigenvalue weighted by atomic mass is 16.5. The molecule has 1 fully saturated rings. The van der Waals surface area contributed by atoms with E-state index in [2.05, 4.69) is 15.0 Å². The van der Waals surface area contributed by atoms with Crippen LogP contribution >= 0.6 is 0 Å². The Morgan fingerprint density at radius 2 is 2.28 bits per heavy atom. The van der Waals surface area contributed by atoms with E-state index >= 15 is 0 Å². The van der Waals surface area contributed by atoms with Gasteiger partial charge in [0.1, 0.15) is 19.5 Å². The van der Waals surface area contributed by atoms with Crippen LogP contribution in [0.2, 0.25) is 0 Å². The van der Waals surface area contributed by atoms with Crippen LogP contribution in [0.15, 0.2) is 6.33 Å². The molecule has 1 aromatic rings. The monoisotopic (exact) mass is 255 g/mol. The molecular formula is C10H17N5O3. The molecule has 0 bridgehead atoms. The van der Waals surface area contributed by atoms with Crippen molar-refractivity contribution in [2.24, 2.45) is 0 Å². The molecular weight excluding hydrogens is 238 g/mol. The summed E-state index contributed by atoms with van der Waals surface area (Å²) in [7, 11) is 0. The smallest absolute Gasteiger partial charge is 0.327 e.